The van der Waals surface area contributed by atoms with E-state index in [1.54, 1.807) is 12.1 Å². The Morgan fingerprint density at radius 2 is 1.92 bits per heavy atom. The summed E-state index contributed by atoms with van der Waals surface area (Å²) < 4.78 is 13.2. The van der Waals surface area contributed by atoms with Gasteiger partial charge in [0.1, 0.15) is 10.8 Å². The number of aryl methyl sites for hydroxylation is 3. The van der Waals surface area contributed by atoms with Gasteiger partial charge in [-0.3, -0.25) is 4.79 Å². The van der Waals surface area contributed by atoms with Crippen LogP contribution in [0.4, 0.5) is 10.1 Å². The number of hydrogen-bond donors (Lipinski definition) is 1. The van der Waals surface area contributed by atoms with Crippen LogP contribution in [0.15, 0.2) is 47.5 Å². The topological polar surface area (TPSA) is 42.0 Å². The van der Waals surface area contributed by atoms with Gasteiger partial charge in [0, 0.05) is 11.1 Å². The zero-order valence-corrected chi connectivity index (χ0v) is 15.2. The number of halogens is 1. The number of anilines is 1. The molecule has 5 heteroatoms. The van der Waals surface area contributed by atoms with Gasteiger partial charge < -0.3 is 5.32 Å². The Labute approximate surface area is 150 Å². The van der Waals surface area contributed by atoms with Crippen molar-refractivity contribution in [2.24, 2.45) is 0 Å². The third kappa shape index (κ3) is 4.17. The summed E-state index contributed by atoms with van der Waals surface area (Å²) in [6.07, 6.45) is 0. The van der Waals surface area contributed by atoms with E-state index in [9.17, 15) is 9.18 Å². The molecule has 0 aliphatic rings. The third-order valence-corrected chi connectivity index (χ3v) is 4.97. The minimum atomic E-state index is -0.372. The van der Waals surface area contributed by atoms with Crippen LogP contribution in [0.3, 0.4) is 0 Å². The van der Waals surface area contributed by atoms with Gasteiger partial charge in [-0.05, 0) is 67.8 Å². The van der Waals surface area contributed by atoms with E-state index in [1.807, 2.05) is 13.8 Å². The van der Waals surface area contributed by atoms with E-state index in [4.69, 9.17) is 4.98 Å². The van der Waals surface area contributed by atoms with Crippen LogP contribution in [0.5, 0.6) is 0 Å². The molecule has 0 saturated carbocycles. The highest BCUT2D eigenvalue weighted by atomic mass is 32.2. The molecule has 0 aliphatic heterocycles. The van der Waals surface area contributed by atoms with Crippen molar-refractivity contribution in [3.8, 4) is 0 Å². The van der Waals surface area contributed by atoms with E-state index in [1.165, 1.54) is 35.0 Å². The summed E-state index contributed by atoms with van der Waals surface area (Å²) in [5.74, 6) is -0.332. The van der Waals surface area contributed by atoms with Crippen molar-refractivity contribution in [3.05, 3.63) is 65.0 Å². The lowest BCUT2D eigenvalue weighted by atomic mass is 10.1. The van der Waals surface area contributed by atoms with Crippen molar-refractivity contribution in [3.63, 3.8) is 0 Å². The first-order chi connectivity index (χ1) is 11.9. The summed E-state index contributed by atoms with van der Waals surface area (Å²) >= 11 is 1.39. The molecule has 0 atom stereocenters. The van der Waals surface area contributed by atoms with Gasteiger partial charge in [-0.1, -0.05) is 23.9 Å². The number of carbonyl (C=O) groups excluding carboxylic acids is 1. The smallest absolute Gasteiger partial charge is 0.234 e. The number of fused-ring (bicyclic) bond motifs is 1. The molecule has 0 spiro atoms. The Kier molecular flexibility index (Phi) is 5.04. The van der Waals surface area contributed by atoms with Crippen molar-refractivity contribution in [1.82, 2.24) is 4.98 Å². The number of benzene rings is 2. The summed E-state index contributed by atoms with van der Waals surface area (Å²) in [6, 6.07) is 12.2. The maximum absolute atomic E-state index is 13.2. The molecule has 3 rings (SSSR count). The normalized spacial score (nSPS) is 10.9. The lowest BCUT2D eigenvalue weighted by Gasteiger charge is -2.10. The molecule has 1 heterocycles. The van der Waals surface area contributed by atoms with Crippen LogP contribution in [0.1, 0.15) is 16.7 Å². The number of aromatic nitrogens is 1. The molecule has 0 unspecified atom stereocenters. The lowest BCUT2D eigenvalue weighted by Crippen LogP contribution is -2.14. The second-order valence-electron chi connectivity index (χ2n) is 6.11. The Morgan fingerprint density at radius 1 is 1.12 bits per heavy atom. The Morgan fingerprint density at radius 3 is 2.68 bits per heavy atom. The first kappa shape index (κ1) is 17.4. The molecule has 3 aromatic rings. The van der Waals surface area contributed by atoms with E-state index in [0.717, 1.165) is 21.5 Å². The number of pyridine rings is 1. The second kappa shape index (κ2) is 7.23. The number of hydrogen-bond acceptors (Lipinski definition) is 3. The Balaban J connectivity index is 1.74. The van der Waals surface area contributed by atoms with Crippen LogP contribution in [0.25, 0.3) is 10.9 Å². The first-order valence-electron chi connectivity index (χ1n) is 7.99. The first-order valence-corrected chi connectivity index (χ1v) is 8.98. The molecule has 1 aromatic heterocycles. The summed E-state index contributed by atoms with van der Waals surface area (Å²) in [6.45, 7) is 6.13. The number of rotatable bonds is 4. The van der Waals surface area contributed by atoms with Gasteiger partial charge in [0.25, 0.3) is 0 Å². The average molecular weight is 354 g/mol. The number of nitrogens with one attached hydrogen (secondary N) is 1. The maximum Gasteiger partial charge on any atom is 0.234 e. The molecular weight excluding hydrogens is 335 g/mol. The molecule has 0 fully saturated rings. The number of amides is 1. The van der Waals surface area contributed by atoms with Crippen molar-refractivity contribution in [2.45, 2.75) is 25.8 Å². The molecular formula is C20H19FN2OS. The Bertz CT molecular complexity index is 956. The predicted octanol–water partition coefficient (Wildman–Crippen LogP) is 5.03. The lowest BCUT2D eigenvalue weighted by molar-refractivity contribution is -0.113. The van der Waals surface area contributed by atoms with Gasteiger partial charge in [-0.15, -0.1) is 0 Å². The van der Waals surface area contributed by atoms with E-state index < -0.39 is 0 Å². The molecule has 0 aliphatic carbocycles. The molecule has 1 N–H and O–H groups in total. The van der Waals surface area contributed by atoms with Crippen LogP contribution < -0.4 is 5.32 Å². The highest BCUT2D eigenvalue weighted by Crippen LogP contribution is 2.27. The highest BCUT2D eigenvalue weighted by molar-refractivity contribution is 8.00. The SMILES string of the molecule is Cc1cc(C)c2cc(C)c(SCC(=O)Nc3cccc(F)c3)nc2c1. The highest BCUT2D eigenvalue weighted by Gasteiger charge is 2.10. The molecule has 128 valence electrons. The van der Waals surface area contributed by atoms with Gasteiger partial charge in [0.05, 0.1) is 11.3 Å². The fourth-order valence-electron chi connectivity index (χ4n) is 2.76. The second-order valence-corrected chi connectivity index (χ2v) is 7.07. The van der Waals surface area contributed by atoms with Gasteiger partial charge in [0.2, 0.25) is 5.91 Å². The third-order valence-electron chi connectivity index (χ3n) is 3.88. The molecule has 1 amide bonds. The molecule has 3 nitrogen and oxygen atoms in total. The average Bonchev–Trinajstić information content (AvgIpc) is 2.54. The predicted molar refractivity (Wildman–Crippen MR) is 102 cm³/mol. The fraction of sp³-hybridized carbons (Fsp3) is 0.200. The van der Waals surface area contributed by atoms with Crippen molar-refractivity contribution >= 4 is 34.3 Å². The molecule has 0 bridgehead atoms. The summed E-state index contributed by atoms with van der Waals surface area (Å²) in [7, 11) is 0. The van der Waals surface area contributed by atoms with E-state index in [0.29, 0.717) is 5.69 Å². The van der Waals surface area contributed by atoms with Crippen molar-refractivity contribution in [2.75, 3.05) is 11.1 Å². The zero-order chi connectivity index (χ0) is 18.0. The van der Waals surface area contributed by atoms with Crippen LogP contribution in [0.2, 0.25) is 0 Å². The molecule has 25 heavy (non-hydrogen) atoms. The minimum absolute atomic E-state index is 0.183. The number of carbonyl (C=O) groups is 1. The molecule has 0 radical (unpaired) electrons. The minimum Gasteiger partial charge on any atom is -0.325 e. The summed E-state index contributed by atoms with van der Waals surface area (Å²) in [5, 5.41) is 4.68. The fourth-order valence-corrected chi connectivity index (χ4v) is 3.55. The maximum atomic E-state index is 13.2. The standard InChI is InChI=1S/C20H19FN2OS/c1-12-7-13(2)17-9-14(3)20(23-18(17)8-12)25-11-19(24)22-16-6-4-5-15(21)10-16/h4-10H,11H2,1-3H3,(H,22,24). The quantitative estimate of drug-likeness (QED) is 0.668. The van der Waals surface area contributed by atoms with Crippen molar-refractivity contribution < 1.29 is 9.18 Å². The van der Waals surface area contributed by atoms with Gasteiger partial charge in [-0.25, -0.2) is 9.37 Å². The van der Waals surface area contributed by atoms with E-state index in [2.05, 4.69) is 30.4 Å². The molecule has 0 saturated heterocycles. The van der Waals surface area contributed by atoms with Gasteiger partial charge in [0.15, 0.2) is 0 Å². The monoisotopic (exact) mass is 354 g/mol. The summed E-state index contributed by atoms with van der Waals surface area (Å²) in [5.41, 5.74) is 4.81. The number of thioether (sulfide) groups is 1. The zero-order valence-electron chi connectivity index (χ0n) is 14.4. The van der Waals surface area contributed by atoms with Gasteiger partial charge in [-0.2, -0.15) is 0 Å². The Hall–Kier alpha value is -2.40. The summed E-state index contributed by atoms with van der Waals surface area (Å²) in [4.78, 5) is 16.8. The number of nitrogens with zero attached hydrogens (tertiary/aromatic N) is 1. The largest absolute Gasteiger partial charge is 0.325 e. The molecule has 2 aromatic carbocycles. The van der Waals surface area contributed by atoms with Crippen LogP contribution in [-0.2, 0) is 4.79 Å². The van der Waals surface area contributed by atoms with E-state index in [-0.39, 0.29) is 17.5 Å². The van der Waals surface area contributed by atoms with Crippen LogP contribution in [-0.4, -0.2) is 16.6 Å². The van der Waals surface area contributed by atoms with Crippen LogP contribution >= 0.6 is 11.8 Å². The van der Waals surface area contributed by atoms with E-state index >= 15 is 0 Å². The van der Waals surface area contributed by atoms with Crippen molar-refractivity contribution in [1.29, 1.82) is 0 Å². The van der Waals surface area contributed by atoms with Gasteiger partial charge >= 0.3 is 0 Å². The van der Waals surface area contributed by atoms with Crippen LogP contribution in [0, 0.1) is 26.6 Å².